The summed E-state index contributed by atoms with van der Waals surface area (Å²) in [6.45, 7) is 8.31. The van der Waals surface area contributed by atoms with Crippen LogP contribution in [0.2, 0.25) is 0 Å². The Kier molecular flexibility index (Phi) is 8.16. The van der Waals surface area contributed by atoms with Gasteiger partial charge in [-0.3, -0.25) is 9.38 Å². The molecule has 0 amide bonds. The molecule has 0 saturated carbocycles. The van der Waals surface area contributed by atoms with Crippen molar-refractivity contribution < 1.29 is 8.78 Å². The van der Waals surface area contributed by atoms with Crippen LogP contribution in [0.5, 0.6) is 0 Å². The number of fused-ring (bicyclic) bond motifs is 1. The van der Waals surface area contributed by atoms with Crippen molar-refractivity contribution in [2.75, 3.05) is 11.1 Å². The summed E-state index contributed by atoms with van der Waals surface area (Å²) in [6.07, 6.45) is 5.47. The van der Waals surface area contributed by atoms with E-state index in [1.807, 2.05) is 27.7 Å². The number of aromatic nitrogens is 5. The van der Waals surface area contributed by atoms with Crippen molar-refractivity contribution in [3.8, 4) is 11.5 Å². The lowest BCUT2D eigenvalue weighted by Crippen LogP contribution is -2.08. The van der Waals surface area contributed by atoms with Crippen molar-refractivity contribution in [1.82, 2.24) is 24.3 Å². The number of nitrogen functional groups attached to an aromatic ring is 1. The predicted molar refractivity (Wildman–Crippen MR) is 115 cm³/mol. The third-order valence-corrected chi connectivity index (χ3v) is 3.74. The summed E-state index contributed by atoms with van der Waals surface area (Å²) in [7, 11) is 0. The Balaban J connectivity index is 0.000000757. The maximum Gasteiger partial charge on any atom is 0.180 e. The van der Waals surface area contributed by atoms with Gasteiger partial charge in [0.05, 0.1) is 36.5 Å². The molecule has 4 aromatic rings. The lowest BCUT2D eigenvalue weighted by Gasteiger charge is -2.09. The first kappa shape index (κ1) is 22.7. The van der Waals surface area contributed by atoms with E-state index in [4.69, 9.17) is 5.73 Å². The van der Waals surface area contributed by atoms with E-state index in [0.717, 1.165) is 6.20 Å². The first-order valence-corrected chi connectivity index (χ1v) is 9.70. The molecule has 0 saturated heterocycles. The van der Waals surface area contributed by atoms with E-state index in [9.17, 15) is 8.78 Å². The van der Waals surface area contributed by atoms with Crippen LogP contribution in [0, 0.1) is 11.6 Å². The quantitative estimate of drug-likeness (QED) is 0.503. The lowest BCUT2D eigenvalue weighted by atomic mass is 10.3. The van der Waals surface area contributed by atoms with Crippen LogP contribution in [0.15, 0.2) is 49.1 Å². The molecule has 4 heterocycles. The monoisotopic (exact) mass is 413 g/mol. The second-order valence-electron chi connectivity index (χ2n) is 5.54. The normalized spacial score (nSPS) is 9.93. The molecule has 0 aromatic carbocycles. The highest BCUT2D eigenvalue weighted by Crippen LogP contribution is 2.22. The van der Waals surface area contributed by atoms with Crippen LogP contribution >= 0.6 is 0 Å². The molecule has 0 aliphatic carbocycles. The Bertz CT molecular complexity index is 1080. The molecule has 158 valence electrons. The van der Waals surface area contributed by atoms with Gasteiger partial charge >= 0.3 is 0 Å². The van der Waals surface area contributed by atoms with Gasteiger partial charge in [-0.2, -0.15) is 0 Å². The molecule has 0 radical (unpaired) electrons. The van der Waals surface area contributed by atoms with Gasteiger partial charge in [-0.05, 0) is 24.3 Å². The number of pyridine rings is 2. The number of hydrogen-bond donors (Lipinski definition) is 2. The van der Waals surface area contributed by atoms with Crippen molar-refractivity contribution in [1.29, 1.82) is 0 Å². The molecule has 7 nitrogen and oxygen atoms in total. The molecule has 0 aliphatic heterocycles. The first-order chi connectivity index (χ1) is 14.6. The molecule has 0 unspecified atom stereocenters. The molecule has 0 fully saturated rings. The predicted octanol–water partition coefficient (Wildman–Crippen LogP) is 4.71. The fourth-order valence-corrected chi connectivity index (χ4v) is 2.46. The maximum atomic E-state index is 13.5. The van der Waals surface area contributed by atoms with Gasteiger partial charge in [-0.15, -0.1) is 0 Å². The first-order valence-electron chi connectivity index (χ1n) is 9.70. The summed E-state index contributed by atoms with van der Waals surface area (Å²) in [5.41, 5.74) is 7.99. The number of nitrogens with two attached hydrogens (primary N) is 1. The van der Waals surface area contributed by atoms with Gasteiger partial charge in [0.1, 0.15) is 23.0 Å². The van der Waals surface area contributed by atoms with E-state index in [-0.39, 0.29) is 0 Å². The molecule has 3 N–H and O–H groups in total. The van der Waals surface area contributed by atoms with Gasteiger partial charge < -0.3 is 11.1 Å². The zero-order valence-electron chi connectivity index (χ0n) is 17.4. The van der Waals surface area contributed by atoms with Crippen LogP contribution < -0.4 is 11.1 Å². The standard InChI is InChI=1S/C17H13F2N7.2C2H6/c18-10-1-3-12(21-5-10)6-23-16-13(20)7-24-17(25-16)14-8-22-15-4-2-11(19)9-26(14)15;2*1-2/h1-5,7-9H,6,20H2,(H,23,24,25);2*1-2H3. The Hall–Kier alpha value is -3.62. The molecule has 0 atom stereocenters. The van der Waals surface area contributed by atoms with Crippen LogP contribution in [0.3, 0.4) is 0 Å². The number of nitrogens with zero attached hydrogens (tertiary/aromatic N) is 5. The molecular formula is C21H25F2N7. The molecule has 4 rings (SSSR count). The van der Waals surface area contributed by atoms with Gasteiger partial charge in [-0.1, -0.05) is 27.7 Å². The largest absolute Gasteiger partial charge is 0.394 e. The summed E-state index contributed by atoms with van der Waals surface area (Å²) in [5.74, 6) is -0.0651. The average molecular weight is 413 g/mol. The van der Waals surface area contributed by atoms with Crippen molar-refractivity contribution >= 4 is 17.2 Å². The topological polar surface area (TPSA) is 94.0 Å². The number of rotatable bonds is 4. The van der Waals surface area contributed by atoms with Gasteiger partial charge in [0.25, 0.3) is 0 Å². The number of hydrogen-bond acceptors (Lipinski definition) is 6. The lowest BCUT2D eigenvalue weighted by molar-refractivity contribution is 0.619. The van der Waals surface area contributed by atoms with E-state index in [2.05, 4.69) is 25.3 Å². The highest BCUT2D eigenvalue weighted by molar-refractivity contribution is 5.65. The van der Waals surface area contributed by atoms with E-state index < -0.39 is 11.6 Å². The Labute approximate surface area is 174 Å². The van der Waals surface area contributed by atoms with E-state index in [1.54, 1.807) is 22.7 Å². The van der Waals surface area contributed by atoms with Crippen LogP contribution in [-0.4, -0.2) is 24.3 Å². The number of halogens is 2. The van der Waals surface area contributed by atoms with Crippen LogP contribution in [-0.2, 0) is 6.54 Å². The third kappa shape index (κ3) is 5.25. The average Bonchev–Trinajstić information content (AvgIpc) is 3.20. The van der Waals surface area contributed by atoms with Crippen molar-refractivity contribution in [2.45, 2.75) is 34.2 Å². The Morgan fingerprint density at radius 1 is 0.900 bits per heavy atom. The minimum atomic E-state index is -0.405. The van der Waals surface area contributed by atoms with E-state index >= 15 is 0 Å². The molecule has 0 aliphatic rings. The zero-order valence-corrected chi connectivity index (χ0v) is 17.4. The van der Waals surface area contributed by atoms with Crippen LogP contribution in [0.1, 0.15) is 33.4 Å². The van der Waals surface area contributed by atoms with E-state index in [0.29, 0.717) is 40.9 Å². The van der Waals surface area contributed by atoms with E-state index in [1.165, 1.54) is 24.5 Å². The Morgan fingerprint density at radius 2 is 1.63 bits per heavy atom. The number of anilines is 2. The van der Waals surface area contributed by atoms with Crippen molar-refractivity contribution in [3.63, 3.8) is 0 Å². The van der Waals surface area contributed by atoms with Gasteiger partial charge in [0.15, 0.2) is 11.6 Å². The van der Waals surface area contributed by atoms with Gasteiger partial charge in [0, 0.05) is 6.20 Å². The summed E-state index contributed by atoms with van der Waals surface area (Å²) in [5, 5.41) is 3.05. The molecule has 9 heteroatoms. The van der Waals surface area contributed by atoms with Gasteiger partial charge in [0.2, 0.25) is 0 Å². The summed E-state index contributed by atoms with van der Waals surface area (Å²) >= 11 is 0. The fourth-order valence-electron chi connectivity index (χ4n) is 2.46. The van der Waals surface area contributed by atoms with Crippen molar-refractivity contribution in [3.05, 3.63) is 66.4 Å². The molecule has 0 spiro atoms. The minimum Gasteiger partial charge on any atom is -0.394 e. The molecule has 0 bridgehead atoms. The molecule has 30 heavy (non-hydrogen) atoms. The highest BCUT2D eigenvalue weighted by atomic mass is 19.1. The molecule has 4 aromatic heterocycles. The minimum absolute atomic E-state index is 0.308. The maximum absolute atomic E-state index is 13.5. The highest BCUT2D eigenvalue weighted by Gasteiger charge is 2.12. The molecular weight excluding hydrogens is 388 g/mol. The number of nitrogens with one attached hydrogen (secondary N) is 1. The second-order valence-corrected chi connectivity index (χ2v) is 5.54. The summed E-state index contributed by atoms with van der Waals surface area (Å²) in [6, 6.07) is 5.79. The number of imidazole rings is 1. The van der Waals surface area contributed by atoms with Gasteiger partial charge in [-0.25, -0.2) is 23.7 Å². The van der Waals surface area contributed by atoms with Crippen molar-refractivity contribution in [2.24, 2.45) is 0 Å². The van der Waals surface area contributed by atoms with Crippen LogP contribution in [0.4, 0.5) is 20.3 Å². The summed E-state index contributed by atoms with van der Waals surface area (Å²) < 4.78 is 28.0. The fraction of sp³-hybridized carbons (Fsp3) is 0.238. The van der Waals surface area contributed by atoms with Crippen LogP contribution in [0.25, 0.3) is 17.2 Å². The summed E-state index contributed by atoms with van der Waals surface area (Å²) in [4.78, 5) is 16.8. The smallest absolute Gasteiger partial charge is 0.180 e. The Morgan fingerprint density at radius 3 is 2.33 bits per heavy atom. The zero-order chi connectivity index (χ0) is 22.1. The second kappa shape index (κ2) is 10.8. The SMILES string of the molecule is CC.CC.Nc1cnc(-c2cnc3ccc(F)cn23)nc1NCc1ccc(F)cn1. The third-order valence-electron chi connectivity index (χ3n) is 3.74.